The zero-order chi connectivity index (χ0) is 23.3. The summed E-state index contributed by atoms with van der Waals surface area (Å²) in [7, 11) is -3.77. The van der Waals surface area contributed by atoms with E-state index in [0.717, 1.165) is 11.1 Å². The summed E-state index contributed by atoms with van der Waals surface area (Å²) in [4.78, 5) is 22.3. The largest absolute Gasteiger partial charge is 0.323 e. The van der Waals surface area contributed by atoms with Gasteiger partial charge in [-0.25, -0.2) is 8.42 Å². The van der Waals surface area contributed by atoms with Crippen molar-refractivity contribution in [3.63, 3.8) is 0 Å². The van der Waals surface area contributed by atoms with Gasteiger partial charge in [0.2, 0.25) is 5.91 Å². The lowest BCUT2D eigenvalue weighted by molar-refractivity contribution is -0.384. The number of carbonyl (C=O) groups excluding carboxylic acids is 1. The summed E-state index contributed by atoms with van der Waals surface area (Å²) in [5.74, 6) is -0.424. The molecule has 2 N–H and O–H groups in total. The van der Waals surface area contributed by atoms with Crippen molar-refractivity contribution in [1.82, 2.24) is 0 Å². The topological polar surface area (TPSA) is 118 Å². The van der Waals surface area contributed by atoms with E-state index in [2.05, 4.69) is 10.0 Å². The van der Waals surface area contributed by atoms with Crippen LogP contribution in [-0.2, 0) is 14.8 Å². The number of nitrogens with one attached hydrogen (secondary N) is 2. The number of benzene rings is 3. The number of amides is 1. The molecular formula is C23H21N3O5S. The summed E-state index contributed by atoms with van der Waals surface area (Å²) in [6, 6.07) is 17.0. The van der Waals surface area contributed by atoms with Crippen LogP contribution in [0.15, 0.2) is 77.7 Å². The van der Waals surface area contributed by atoms with Gasteiger partial charge in [-0.2, -0.15) is 0 Å². The molecule has 0 aliphatic rings. The molecule has 1 amide bonds. The first-order valence-electron chi connectivity index (χ1n) is 9.58. The summed E-state index contributed by atoms with van der Waals surface area (Å²) in [5, 5.41) is 13.3. The molecule has 0 bridgehead atoms. The molecule has 8 nitrogen and oxygen atoms in total. The molecule has 9 heteroatoms. The molecular weight excluding hydrogens is 430 g/mol. The average molecular weight is 452 g/mol. The molecule has 0 aliphatic heterocycles. The molecule has 0 fully saturated rings. The Kier molecular flexibility index (Phi) is 6.70. The van der Waals surface area contributed by atoms with Crippen LogP contribution in [0.1, 0.15) is 16.7 Å². The molecule has 164 valence electrons. The Morgan fingerprint density at radius 2 is 1.62 bits per heavy atom. The van der Waals surface area contributed by atoms with E-state index in [1.165, 1.54) is 60.7 Å². The van der Waals surface area contributed by atoms with Crippen LogP contribution >= 0.6 is 0 Å². The van der Waals surface area contributed by atoms with Gasteiger partial charge in [0.15, 0.2) is 0 Å². The van der Waals surface area contributed by atoms with Gasteiger partial charge < -0.3 is 5.32 Å². The lowest BCUT2D eigenvalue weighted by Crippen LogP contribution is -2.14. The summed E-state index contributed by atoms with van der Waals surface area (Å²) in [6.45, 7) is 3.76. The second-order valence-electron chi connectivity index (χ2n) is 7.12. The van der Waals surface area contributed by atoms with E-state index in [1.807, 2.05) is 26.0 Å². The molecule has 3 aromatic carbocycles. The maximum Gasteiger partial charge on any atom is 0.269 e. The van der Waals surface area contributed by atoms with Crippen molar-refractivity contribution in [3.8, 4) is 0 Å². The molecule has 0 aromatic heterocycles. The maximum atomic E-state index is 12.6. The fourth-order valence-corrected chi connectivity index (χ4v) is 4.04. The van der Waals surface area contributed by atoms with Crippen molar-refractivity contribution in [1.29, 1.82) is 0 Å². The molecule has 0 aliphatic carbocycles. The number of sulfonamides is 1. The second kappa shape index (κ2) is 9.44. The van der Waals surface area contributed by atoms with Crippen LogP contribution in [0.5, 0.6) is 0 Å². The monoisotopic (exact) mass is 451 g/mol. The molecule has 0 saturated heterocycles. The number of hydrogen-bond acceptors (Lipinski definition) is 5. The van der Waals surface area contributed by atoms with Gasteiger partial charge in [-0.15, -0.1) is 0 Å². The highest BCUT2D eigenvalue weighted by atomic mass is 32.2. The summed E-state index contributed by atoms with van der Waals surface area (Å²) >= 11 is 0. The molecule has 0 spiro atoms. The third-order valence-corrected chi connectivity index (χ3v) is 5.97. The van der Waals surface area contributed by atoms with Gasteiger partial charge in [-0.1, -0.05) is 17.7 Å². The molecule has 0 atom stereocenters. The van der Waals surface area contributed by atoms with Crippen LogP contribution in [0, 0.1) is 24.0 Å². The molecule has 32 heavy (non-hydrogen) atoms. The Bertz CT molecular complexity index is 1280. The minimum atomic E-state index is -3.77. The van der Waals surface area contributed by atoms with Gasteiger partial charge in [0.05, 0.1) is 15.5 Å². The van der Waals surface area contributed by atoms with E-state index in [1.54, 1.807) is 6.07 Å². The quantitative estimate of drug-likeness (QED) is 0.308. The summed E-state index contributed by atoms with van der Waals surface area (Å²) in [5.41, 5.74) is 3.38. The molecule has 0 unspecified atom stereocenters. The number of hydrogen-bond donors (Lipinski definition) is 2. The third kappa shape index (κ3) is 5.79. The number of nitro groups is 1. The highest BCUT2D eigenvalue weighted by molar-refractivity contribution is 7.92. The Morgan fingerprint density at radius 1 is 0.969 bits per heavy atom. The van der Waals surface area contributed by atoms with Crippen molar-refractivity contribution >= 4 is 39.1 Å². The maximum absolute atomic E-state index is 12.6. The van der Waals surface area contributed by atoms with Gasteiger partial charge in [0.1, 0.15) is 0 Å². The number of rotatable bonds is 7. The highest BCUT2D eigenvalue weighted by Gasteiger charge is 2.15. The van der Waals surface area contributed by atoms with Crippen LogP contribution in [0.4, 0.5) is 17.1 Å². The SMILES string of the molecule is Cc1ccc(NS(=O)(=O)c2ccc(NC(=O)/C=C/c3ccc([N+](=O)[O-])cc3)cc2)c(C)c1. The third-order valence-electron chi connectivity index (χ3n) is 4.59. The predicted molar refractivity (Wildman–Crippen MR) is 124 cm³/mol. The van der Waals surface area contributed by atoms with Gasteiger partial charge in [0.25, 0.3) is 15.7 Å². The minimum Gasteiger partial charge on any atom is -0.323 e. The molecule has 0 saturated carbocycles. The van der Waals surface area contributed by atoms with Crippen molar-refractivity contribution in [3.05, 3.63) is 99.6 Å². The molecule has 0 radical (unpaired) electrons. The fourth-order valence-electron chi connectivity index (χ4n) is 2.91. The van der Waals surface area contributed by atoms with Crippen LogP contribution < -0.4 is 10.0 Å². The Balaban J connectivity index is 1.64. The number of anilines is 2. The number of nitrogens with zero attached hydrogens (tertiary/aromatic N) is 1. The first-order valence-corrected chi connectivity index (χ1v) is 11.1. The van der Waals surface area contributed by atoms with Crippen molar-refractivity contribution in [2.75, 3.05) is 10.0 Å². The van der Waals surface area contributed by atoms with Crippen molar-refractivity contribution in [2.24, 2.45) is 0 Å². The Labute approximate surface area is 185 Å². The normalized spacial score (nSPS) is 11.3. The van der Waals surface area contributed by atoms with Gasteiger partial charge >= 0.3 is 0 Å². The first-order chi connectivity index (χ1) is 15.1. The van der Waals surface area contributed by atoms with E-state index in [9.17, 15) is 23.3 Å². The van der Waals surface area contributed by atoms with E-state index in [4.69, 9.17) is 0 Å². The number of carbonyl (C=O) groups is 1. The summed E-state index contributed by atoms with van der Waals surface area (Å²) < 4.78 is 27.9. The Hall–Kier alpha value is -3.98. The number of nitro benzene ring substituents is 1. The van der Waals surface area contributed by atoms with Crippen LogP contribution in [0.2, 0.25) is 0 Å². The van der Waals surface area contributed by atoms with Crippen LogP contribution in [0.3, 0.4) is 0 Å². The smallest absolute Gasteiger partial charge is 0.269 e. The lowest BCUT2D eigenvalue weighted by atomic mass is 10.1. The van der Waals surface area contributed by atoms with E-state index >= 15 is 0 Å². The van der Waals surface area contributed by atoms with Crippen molar-refractivity contribution in [2.45, 2.75) is 18.7 Å². The highest BCUT2D eigenvalue weighted by Crippen LogP contribution is 2.22. The van der Waals surface area contributed by atoms with Crippen LogP contribution in [-0.4, -0.2) is 19.2 Å². The van der Waals surface area contributed by atoms with Gasteiger partial charge in [-0.05, 0) is 73.5 Å². The second-order valence-corrected chi connectivity index (χ2v) is 8.80. The fraction of sp³-hybridized carbons (Fsp3) is 0.0870. The molecule has 3 rings (SSSR count). The van der Waals surface area contributed by atoms with E-state index < -0.39 is 20.9 Å². The summed E-state index contributed by atoms with van der Waals surface area (Å²) in [6.07, 6.45) is 2.80. The zero-order valence-corrected chi connectivity index (χ0v) is 18.2. The van der Waals surface area contributed by atoms with E-state index in [0.29, 0.717) is 16.9 Å². The van der Waals surface area contributed by atoms with Crippen molar-refractivity contribution < 1.29 is 18.1 Å². The number of aryl methyl sites for hydroxylation is 2. The average Bonchev–Trinajstić information content (AvgIpc) is 2.75. The zero-order valence-electron chi connectivity index (χ0n) is 17.4. The standard InChI is InChI=1S/C23H21N3O5S/c1-16-3-13-22(17(2)15-16)25-32(30,31)21-11-7-19(8-12-21)24-23(27)14-6-18-4-9-20(10-5-18)26(28)29/h3-15,25H,1-2H3,(H,24,27)/b14-6+. The van der Waals surface area contributed by atoms with E-state index in [-0.39, 0.29) is 10.6 Å². The van der Waals surface area contributed by atoms with Gasteiger partial charge in [-0.3, -0.25) is 19.6 Å². The lowest BCUT2D eigenvalue weighted by Gasteiger charge is -2.11. The van der Waals surface area contributed by atoms with Gasteiger partial charge in [0, 0.05) is 23.9 Å². The Morgan fingerprint density at radius 3 is 2.22 bits per heavy atom. The minimum absolute atomic E-state index is 0.0336. The molecule has 3 aromatic rings. The first kappa shape index (κ1) is 22.7. The van der Waals surface area contributed by atoms with Crippen LogP contribution in [0.25, 0.3) is 6.08 Å². The number of non-ortho nitro benzene ring substituents is 1. The predicted octanol–water partition coefficient (Wildman–Crippen LogP) is 4.66. The molecule has 0 heterocycles.